The van der Waals surface area contributed by atoms with Gasteiger partial charge >= 0.3 is 11.5 Å². The zero-order valence-electron chi connectivity index (χ0n) is 16.4. The largest absolute Gasteiger partial charge is 0.398 e. The van der Waals surface area contributed by atoms with Crippen LogP contribution in [0.3, 0.4) is 0 Å². The molecule has 11 nitrogen and oxygen atoms in total. The molecule has 0 aliphatic heterocycles. The van der Waals surface area contributed by atoms with Crippen LogP contribution in [-0.2, 0) is 6.54 Å². The Morgan fingerprint density at radius 3 is 2.70 bits per heavy atom. The van der Waals surface area contributed by atoms with Crippen LogP contribution in [0.5, 0.6) is 0 Å². The minimum atomic E-state index is -0.702. The van der Waals surface area contributed by atoms with E-state index < -0.39 is 11.2 Å². The zero-order chi connectivity index (χ0) is 21.7. The third-order valence-electron chi connectivity index (χ3n) is 4.37. The molecule has 0 aromatic carbocycles. The van der Waals surface area contributed by atoms with Gasteiger partial charge in [-0.15, -0.1) is 14.6 Å². The average molecular weight is 404 g/mol. The molecule has 3 aromatic rings. The van der Waals surface area contributed by atoms with E-state index in [0.29, 0.717) is 12.2 Å². The second kappa shape index (κ2) is 8.75. The smallest absolute Gasteiger partial charge is 0.267 e. The lowest BCUT2D eigenvalue weighted by atomic mass is 10.3. The standard InChI is InChI=1S/C19H17N9O2/c1-5-6-11-26-18(29)16(13(2)27(21-4)19(26)30)24-25-17-14(20-3)12-23-28(17)15-9-7-8-10-22-15/h7-10,12H,5-6,11H2,1-2H3/p+1. The predicted octanol–water partition coefficient (Wildman–Crippen LogP) is 2.77. The lowest BCUT2D eigenvalue weighted by molar-refractivity contribution is -0.646. The molecule has 11 heteroatoms. The van der Waals surface area contributed by atoms with E-state index in [4.69, 9.17) is 13.1 Å². The van der Waals surface area contributed by atoms with Crippen molar-refractivity contribution in [3.8, 4) is 5.82 Å². The minimum absolute atomic E-state index is 0.0841. The third-order valence-corrected chi connectivity index (χ3v) is 4.37. The van der Waals surface area contributed by atoms with Crippen molar-refractivity contribution in [2.45, 2.75) is 33.2 Å². The molecule has 150 valence electrons. The van der Waals surface area contributed by atoms with Crippen LogP contribution in [0.2, 0.25) is 0 Å². The summed E-state index contributed by atoms with van der Waals surface area (Å²) in [7, 11) is 0. The maximum Gasteiger partial charge on any atom is 0.398 e. The number of aromatic nitrogens is 5. The molecule has 0 atom stereocenters. The second-order valence-corrected chi connectivity index (χ2v) is 6.26. The van der Waals surface area contributed by atoms with Crippen molar-refractivity contribution in [2.75, 3.05) is 0 Å². The predicted molar refractivity (Wildman–Crippen MR) is 107 cm³/mol. The van der Waals surface area contributed by atoms with E-state index in [2.05, 4.69) is 30.1 Å². The van der Waals surface area contributed by atoms with Crippen LogP contribution >= 0.6 is 0 Å². The van der Waals surface area contributed by atoms with Crippen molar-refractivity contribution < 1.29 is 4.68 Å². The number of aromatic amines is 1. The number of pyridine rings is 1. The Balaban J connectivity index is 2.18. The first kappa shape index (κ1) is 20.4. The molecule has 30 heavy (non-hydrogen) atoms. The van der Waals surface area contributed by atoms with Gasteiger partial charge in [-0.25, -0.2) is 9.64 Å². The Morgan fingerprint density at radius 2 is 2.07 bits per heavy atom. The van der Waals surface area contributed by atoms with Gasteiger partial charge in [-0.3, -0.25) is 14.5 Å². The molecule has 0 fully saturated rings. The number of H-pyrrole nitrogens is 1. The van der Waals surface area contributed by atoms with E-state index in [0.717, 1.165) is 15.7 Å². The highest BCUT2D eigenvalue weighted by Crippen LogP contribution is 2.26. The van der Waals surface area contributed by atoms with Gasteiger partial charge in [0.05, 0.1) is 6.57 Å². The van der Waals surface area contributed by atoms with Gasteiger partial charge in [0, 0.05) is 23.5 Å². The van der Waals surface area contributed by atoms with E-state index in [-0.39, 0.29) is 29.4 Å². The minimum Gasteiger partial charge on any atom is -0.267 e. The lowest BCUT2D eigenvalue weighted by Gasteiger charge is -2.06. The van der Waals surface area contributed by atoms with Crippen LogP contribution in [-0.4, -0.2) is 19.3 Å². The van der Waals surface area contributed by atoms with Crippen molar-refractivity contribution >= 4 is 17.2 Å². The zero-order valence-corrected chi connectivity index (χ0v) is 16.4. The molecule has 0 bridgehead atoms. The molecule has 0 saturated carbocycles. The number of hydrogen-bond donors (Lipinski definition) is 1. The Hall–Kier alpha value is -4.38. The first-order valence-corrected chi connectivity index (χ1v) is 9.11. The summed E-state index contributed by atoms with van der Waals surface area (Å²) in [5.74, 6) is 0.618. The molecule has 0 aliphatic rings. The SMILES string of the molecule is [C-]#[N+]c1c[nH][n+](-c2ccccn2)c1N=Nc1c(C)n([N+]#[C-])c(=O)n(CCCC)c1=O. The maximum atomic E-state index is 12.9. The van der Waals surface area contributed by atoms with E-state index in [9.17, 15) is 9.59 Å². The Bertz CT molecular complexity index is 1300. The summed E-state index contributed by atoms with van der Waals surface area (Å²) in [5.41, 5.74) is -1.20. The van der Waals surface area contributed by atoms with E-state index in [1.165, 1.54) is 17.8 Å². The molecule has 0 aliphatic carbocycles. The van der Waals surface area contributed by atoms with E-state index >= 15 is 0 Å². The summed E-state index contributed by atoms with van der Waals surface area (Å²) in [6.07, 6.45) is 4.41. The monoisotopic (exact) mass is 404 g/mol. The summed E-state index contributed by atoms with van der Waals surface area (Å²) in [6.45, 7) is 18.2. The molecule has 0 spiro atoms. The van der Waals surface area contributed by atoms with Crippen LogP contribution in [0.1, 0.15) is 25.5 Å². The van der Waals surface area contributed by atoms with Crippen LogP contribution in [0.4, 0.5) is 17.2 Å². The number of nitrogens with zero attached hydrogens (tertiary/aromatic N) is 8. The summed E-state index contributed by atoms with van der Waals surface area (Å²) >= 11 is 0. The maximum absolute atomic E-state index is 12.9. The highest BCUT2D eigenvalue weighted by Gasteiger charge is 2.23. The van der Waals surface area contributed by atoms with Gasteiger partial charge in [0.15, 0.2) is 5.69 Å². The number of nitrogens with one attached hydrogen (secondary N) is 1. The van der Waals surface area contributed by atoms with Crippen LogP contribution in [0.15, 0.2) is 50.4 Å². The van der Waals surface area contributed by atoms with Crippen molar-refractivity contribution in [3.05, 3.63) is 80.1 Å². The van der Waals surface area contributed by atoms with Crippen LogP contribution < -0.4 is 15.9 Å². The topological polar surface area (TPSA) is 110 Å². The molecule has 0 amide bonds. The fourth-order valence-corrected chi connectivity index (χ4v) is 2.78. The summed E-state index contributed by atoms with van der Waals surface area (Å²) < 4.78 is 3.24. The third kappa shape index (κ3) is 3.64. The first-order chi connectivity index (χ1) is 14.5. The van der Waals surface area contributed by atoms with Crippen LogP contribution in [0, 0.1) is 20.1 Å². The summed E-state index contributed by atoms with van der Waals surface area (Å²) in [4.78, 5) is 36.1. The fraction of sp³-hybridized carbons (Fsp3) is 0.263. The lowest BCUT2D eigenvalue weighted by Crippen LogP contribution is -2.39. The molecule has 0 saturated heterocycles. The fourth-order valence-electron chi connectivity index (χ4n) is 2.78. The first-order valence-electron chi connectivity index (χ1n) is 9.11. The van der Waals surface area contributed by atoms with Gasteiger partial charge in [0.25, 0.3) is 17.1 Å². The van der Waals surface area contributed by atoms with Crippen molar-refractivity contribution in [2.24, 2.45) is 10.2 Å². The van der Waals surface area contributed by atoms with Crippen molar-refractivity contribution in [1.29, 1.82) is 0 Å². The van der Waals surface area contributed by atoms with E-state index in [1.54, 1.807) is 24.4 Å². The molecule has 0 unspecified atom stereocenters. The van der Waals surface area contributed by atoms with Crippen molar-refractivity contribution in [1.82, 2.24) is 19.3 Å². The van der Waals surface area contributed by atoms with Gasteiger partial charge in [0.2, 0.25) is 0 Å². The van der Waals surface area contributed by atoms with Crippen molar-refractivity contribution in [3.63, 3.8) is 0 Å². The molecule has 3 rings (SSSR count). The quantitative estimate of drug-likeness (QED) is 0.387. The molecular weight excluding hydrogens is 386 g/mol. The molecule has 1 N–H and O–H groups in total. The number of rotatable bonds is 6. The Kier molecular flexibility index (Phi) is 5.94. The number of unbranched alkanes of at least 4 members (excludes halogenated alkanes) is 1. The van der Waals surface area contributed by atoms with Gasteiger partial charge in [0.1, 0.15) is 11.9 Å². The molecule has 3 heterocycles. The summed E-state index contributed by atoms with van der Waals surface area (Å²) in [6, 6.07) is 5.24. The highest BCUT2D eigenvalue weighted by molar-refractivity contribution is 5.58. The normalized spacial score (nSPS) is 10.8. The van der Waals surface area contributed by atoms with Gasteiger partial charge < -0.3 is 0 Å². The average Bonchev–Trinajstić information content (AvgIpc) is 3.17. The van der Waals surface area contributed by atoms with Gasteiger partial charge in [-0.05, 0) is 24.5 Å². The number of azo groups is 1. The molecule has 3 aromatic heterocycles. The van der Waals surface area contributed by atoms with Crippen LogP contribution in [0.25, 0.3) is 15.6 Å². The Labute approximate surface area is 171 Å². The molecule has 0 radical (unpaired) electrons. The highest BCUT2D eigenvalue weighted by atomic mass is 16.2. The van der Waals surface area contributed by atoms with Gasteiger partial charge in [-0.2, -0.15) is 6.57 Å². The summed E-state index contributed by atoms with van der Waals surface area (Å²) in [5, 5.41) is 11.0. The molecular formula is C19H18N9O2+. The van der Waals surface area contributed by atoms with E-state index in [1.807, 2.05) is 6.92 Å². The number of hydrogen-bond acceptors (Lipinski definition) is 5. The Morgan fingerprint density at radius 1 is 1.27 bits per heavy atom. The second-order valence-electron chi connectivity index (χ2n) is 6.26. The van der Waals surface area contributed by atoms with Gasteiger partial charge in [-0.1, -0.05) is 24.5 Å².